The van der Waals surface area contributed by atoms with E-state index in [0.29, 0.717) is 11.3 Å². The monoisotopic (exact) mass is 415 g/mol. The molecule has 0 bridgehead atoms. The van der Waals surface area contributed by atoms with Crippen molar-refractivity contribution in [3.05, 3.63) is 89.2 Å². The first-order chi connectivity index (χ1) is 14.3. The van der Waals surface area contributed by atoms with Crippen LogP contribution in [0.15, 0.2) is 60.7 Å². The Hall–Kier alpha value is -3.85. The summed E-state index contributed by atoms with van der Waals surface area (Å²) in [6.45, 7) is 0. The molecule has 2 amide bonds. The third-order valence-electron chi connectivity index (χ3n) is 4.36. The van der Waals surface area contributed by atoms with Gasteiger partial charge in [-0.05, 0) is 47.0 Å². The summed E-state index contributed by atoms with van der Waals surface area (Å²) in [7, 11) is 0. The smallest absolute Gasteiger partial charge is 0.270 e. The molecule has 154 valence electrons. The molecule has 1 atom stereocenters. The Balaban J connectivity index is 1.88. The highest BCUT2D eigenvalue weighted by atomic mass is 19.2. The molecule has 6 nitrogen and oxygen atoms in total. The molecule has 0 saturated heterocycles. The zero-order valence-corrected chi connectivity index (χ0v) is 15.3. The number of nitrogens with one attached hydrogen (secondary N) is 2. The van der Waals surface area contributed by atoms with Crippen LogP contribution in [0.1, 0.15) is 22.0 Å². The van der Waals surface area contributed by atoms with Gasteiger partial charge in [0.25, 0.3) is 11.8 Å². The molecule has 5 N–H and O–H groups in total. The van der Waals surface area contributed by atoms with Gasteiger partial charge in [-0.2, -0.15) is 0 Å². The predicted octanol–water partition coefficient (Wildman–Crippen LogP) is 3.33. The summed E-state index contributed by atoms with van der Waals surface area (Å²) < 4.78 is 40.1. The van der Waals surface area contributed by atoms with Crippen LogP contribution >= 0.6 is 0 Å². The number of hydrogen-bond acceptors (Lipinski definition) is 4. The molecule has 0 heterocycles. The van der Waals surface area contributed by atoms with Crippen LogP contribution in [0.2, 0.25) is 0 Å². The van der Waals surface area contributed by atoms with Gasteiger partial charge in [-0.3, -0.25) is 14.8 Å². The summed E-state index contributed by atoms with van der Waals surface area (Å²) >= 11 is 0. The Kier molecular flexibility index (Phi) is 6.03. The van der Waals surface area contributed by atoms with Gasteiger partial charge >= 0.3 is 0 Å². The minimum absolute atomic E-state index is 0.0879. The van der Waals surface area contributed by atoms with Crippen LogP contribution in [0, 0.1) is 17.5 Å². The minimum atomic E-state index is -1.57. The first kappa shape index (κ1) is 20.9. The van der Waals surface area contributed by atoms with Crippen molar-refractivity contribution in [1.82, 2.24) is 10.8 Å². The fraction of sp³-hybridized carbons (Fsp3) is 0.0476. The first-order valence-electron chi connectivity index (χ1n) is 8.65. The van der Waals surface area contributed by atoms with Crippen LogP contribution in [-0.4, -0.2) is 17.0 Å². The number of hydrogen-bond donors (Lipinski definition) is 4. The van der Waals surface area contributed by atoms with Gasteiger partial charge in [0, 0.05) is 11.3 Å². The van der Waals surface area contributed by atoms with E-state index in [0.717, 1.165) is 12.1 Å². The van der Waals surface area contributed by atoms with Crippen LogP contribution < -0.4 is 16.5 Å². The van der Waals surface area contributed by atoms with Crippen LogP contribution in [0.25, 0.3) is 11.1 Å². The quantitative estimate of drug-likeness (QED) is 0.222. The maximum atomic E-state index is 13.5. The van der Waals surface area contributed by atoms with Crippen molar-refractivity contribution in [3.8, 4) is 11.1 Å². The number of halogens is 3. The second-order valence-corrected chi connectivity index (χ2v) is 6.38. The highest BCUT2D eigenvalue weighted by molar-refractivity contribution is 5.98. The Bertz CT molecular complexity index is 1080. The van der Waals surface area contributed by atoms with E-state index in [1.54, 1.807) is 12.1 Å². The zero-order chi connectivity index (χ0) is 21.8. The lowest BCUT2D eigenvalue weighted by Crippen LogP contribution is -2.39. The Morgan fingerprint density at radius 3 is 2.10 bits per heavy atom. The minimum Gasteiger partial charge on any atom is -0.399 e. The number of benzene rings is 3. The van der Waals surface area contributed by atoms with Crippen molar-refractivity contribution in [3.63, 3.8) is 0 Å². The van der Waals surface area contributed by atoms with Gasteiger partial charge < -0.3 is 11.1 Å². The van der Waals surface area contributed by atoms with E-state index in [-0.39, 0.29) is 16.7 Å². The van der Waals surface area contributed by atoms with Gasteiger partial charge in [0.2, 0.25) is 0 Å². The summed E-state index contributed by atoms with van der Waals surface area (Å²) in [6.07, 6.45) is 0. The van der Waals surface area contributed by atoms with E-state index in [4.69, 9.17) is 10.9 Å². The normalized spacial score (nSPS) is 11.6. The standard InChI is InChI=1S/C21H16F3N3O3/c22-16-9-14(10-17(23)18(16)24)11-4-6-12(7-5-11)19(21(29)27-30)26-20(28)13-2-1-3-15(25)8-13/h1-10,19,30H,25H2,(H,26,28)(H,27,29). The Morgan fingerprint density at radius 1 is 0.900 bits per heavy atom. The average molecular weight is 415 g/mol. The molecule has 0 saturated carbocycles. The molecular formula is C21H16F3N3O3. The molecule has 3 rings (SSSR count). The Morgan fingerprint density at radius 2 is 1.53 bits per heavy atom. The lowest BCUT2D eigenvalue weighted by atomic mass is 9.99. The van der Waals surface area contributed by atoms with Crippen molar-refractivity contribution >= 4 is 17.5 Å². The average Bonchev–Trinajstić information content (AvgIpc) is 2.75. The van der Waals surface area contributed by atoms with Gasteiger partial charge in [-0.25, -0.2) is 18.7 Å². The summed E-state index contributed by atoms with van der Waals surface area (Å²) in [6, 6.07) is 12.2. The number of carbonyl (C=O) groups excluding carboxylic acids is 2. The van der Waals surface area contributed by atoms with Crippen LogP contribution in [0.4, 0.5) is 18.9 Å². The molecule has 0 aromatic heterocycles. The fourth-order valence-corrected chi connectivity index (χ4v) is 2.85. The number of carbonyl (C=O) groups is 2. The zero-order valence-electron chi connectivity index (χ0n) is 15.3. The summed E-state index contributed by atoms with van der Waals surface area (Å²) in [5.41, 5.74) is 8.41. The second kappa shape index (κ2) is 8.66. The van der Waals surface area contributed by atoms with Crippen molar-refractivity contribution in [1.29, 1.82) is 0 Å². The highest BCUT2D eigenvalue weighted by Crippen LogP contribution is 2.26. The van der Waals surface area contributed by atoms with E-state index in [1.807, 2.05) is 0 Å². The van der Waals surface area contributed by atoms with E-state index < -0.39 is 35.3 Å². The van der Waals surface area contributed by atoms with Gasteiger partial charge in [0.1, 0.15) is 6.04 Å². The molecule has 0 aliphatic rings. The van der Waals surface area contributed by atoms with Crippen LogP contribution in [-0.2, 0) is 4.79 Å². The molecule has 9 heteroatoms. The molecule has 0 aliphatic carbocycles. The van der Waals surface area contributed by atoms with Crippen molar-refractivity contribution in [2.24, 2.45) is 0 Å². The third kappa shape index (κ3) is 4.41. The van der Waals surface area contributed by atoms with Crippen LogP contribution in [0.5, 0.6) is 0 Å². The van der Waals surface area contributed by atoms with Crippen molar-refractivity contribution in [2.75, 3.05) is 5.73 Å². The largest absolute Gasteiger partial charge is 0.399 e. The molecular weight excluding hydrogens is 399 g/mol. The number of anilines is 1. The molecule has 30 heavy (non-hydrogen) atoms. The van der Waals surface area contributed by atoms with Gasteiger partial charge in [-0.15, -0.1) is 0 Å². The second-order valence-electron chi connectivity index (χ2n) is 6.38. The lowest BCUT2D eigenvalue weighted by molar-refractivity contribution is -0.131. The summed E-state index contributed by atoms with van der Waals surface area (Å²) in [4.78, 5) is 24.5. The molecule has 0 aliphatic heterocycles. The van der Waals surface area contributed by atoms with Crippen molar-refractivity contribution in [2.45, 2.75) is 6.04 Å². The SMILES string of the molecule is Nc1cccc(C(=O)NC(C(=O)NO)c2ccc(-c3cc(F)c(F)c(F)c3)cc2)c1. The Labute approximate surface area is 169 Å². The fourth-order valence-electron chi connectivity index (χ4n) is 2.85. The van der Waals surface area contributed by atoms with Gasteiger partial charge in [0.05, 0.1) is 0 Å². The number of nitrogen functional groups attached to an aromatic ring is 1. The maximum absolute atomic E-state index is 13.5. The first-order valence-corrected chi connectivity index (χ1v) is 8.65. The van der Waals surface area contributed by atoms with Gasteiger partial charge in [0.15, 0.2) is 17.5 Å². The van der Waals surface area contributed by atoms with Crippen LogP contribution in [0.3, 0.4) is 0 Å². The van der Waals surface area contributed by atoms with Crippen molar-refractivity contribution < 1.29 is 28.0 Å². The van der Waals surface area contributed by atoms with E-state index in [1.165, 1.54) is 41.9 Å². The van der Waals surface area contributed by atoms with E-state index >= 15 is 0 Å². The summed E-state index contributed by atoms with van der Waals surface area (Å²) in [5.74, 6) is -5.75. The number of amides is 2. The highest BCUT2D eigenvalue weighted by Gasteiger charge is 2.23. The third-order valence-corrected chi connectivity index (χ3v) is 4.36. The predicted molar refractivity (Wildman–Crippen MR) is 103 cm³/mol. The number of nitrogens with two attached hydrogens (primary N) is 1. The number of hydroxylamine groups is 1. The van der Waals surface area contributed by atoms with E-state index in [2.05, 4.69) is 5.32 Å². The summed E-state index contributed by atoms with van der Waals surface area (Å²) in [5, 5.41) is 11.5. The molecule has 0 fully saturated rings. The lowest BCUT2D eigenvalue weighted by Gasteiger charge is -2.18. The molecule has 0 spiro atoms. The number of rotatable bonds is 5. The van der Waals surface area contributed by atoms with Gasteiger partial charge in [-0.1, -0.05) is 30.3 Å². The topological polar surface area (TPSA) is 104 Å². The maximum Gasteiger partial charge on any atom is 0.270 e. The molecule has 1 unspecified atom stereocenters. The molecule has 3 aromatic rings. The molecule has 0 radical (unpaired) electrons. The molecule has 3 aromatic carbocycles. The van der Waals surface area contributed by atoms with E-state index in [9.17, 15) is 22.8 Å².